The number of nitriles is 1. The van der Waals surface area contributed by atoms with Crippen LogP contribution in [0.5, 0.6) is 0 Å². The minimum Gasteiger partial charge on any atom is -0.354 e. The number of carbonyl (C=O) groups excluding carboxylic acids is 1. The molecule has 0 bridgehead atoms. The summed E-state index contributed by atoms with van der Waals surface area (Å²) in [7, 11) is -3.65. The summed E-state index contributed by atoms with van der Waals surface area (Å²) in [6.45, 7) is 3.89. The number of nitrogens with one attached hydrogen (secondary N) is 1. The van der Waals surface area contributed by atoms with Crippen molar-refractivity contribution in [2.45, 2.75) is 30.6 Å². The molecule has 0 fully saturated rings. The largest absolute Gasteiger partial charge is 0.354 e. The molecule has 0 saturated heterocycles. The predicted octanol–water partition coefficient (Wildman–Crippen LogP) is 1.91. The van der Waals surface area contributed by atoms with Crippen LogP contribution < -0.4 is 5.32 Å². The average molecular weight is 330 g/mol. The summed E-state index contributed by atoms with van der Waals surface area (Å²) in [6.07, 6.45) is 6.50. The van der Waals surface area contributed by atoms with Crippen molar-refractivity contribution < 1.29 is 13.2 Å². The molecular weight excluding hydrogens is 312 g/mol. The summed E-state index contributed by atoms with van der Waals surface area (Å²) < 4.78 is 23.8. The first-order valence-electron chi connectivity index (χ1n) is 6.89. The third-order valence-electron chi connectivity index (χ3n) is 3.35. The molecule has 0 spiro atoms. The van der Waals surface area contributed by atoms with Crippen molar-refractivity contribution in [3.8, 4) is 18.4 Å². The third-order valence-corrected chi connectivity index (χ3v) is 4.77. The first kappa shape index (κ1) is 18.5. The highest BCUT2D eigenvalue weighted by Gasteiger charge is 2.29. The van der Waals surface area contributed by atoms with Gasteiger partial charge < -0.3 is 5.32 Å². The summed E-state index contributed by atoms with van der Waals surface area (Å²) in [4.78, 5) is 12.3. The number of hydrogen-bond acceptors (Lipinski definition) is 4. The second kappa shape index (κ2) is 7.62. The number of allylic oxidation sites excluding steroid dienone is 1. The van der Waals surface area contributed by atoms with E-state index < -0.39 is 15.3 Å². The lowest BCUT2D eigenvalue weighted by Gasteiger charge is -2.24. The smallest absolute Gasteiger partial charge is 0.230 e. The van der Waals surface area contributed by atoms with Gasteiger partial charge in [-0.15, -0.1) is 12.3 Å². The van der Waals surface area contributed by atoms with E-state index in [1.807, 2.05) is 0 Å². The maximum atomic E-state index is 12.2. The Morgan fingerprint density at radius 2 is 1.96 bits per heavy atom. The SMILES string of the molecule is C#CCCNC(=O)C(C)(C)c1ccc(S(=O)(=O)/C=C/C#N)cc1. The van der Waals surface area contributed by atoms with Crippen molar-refractivity contribution in [3.05, 3.63) is 41.3 Å². The maximum Gasteiger partial charge on any atom is 0.230 e. The Kier molecular flexibility index (Phi) is 6.12. The molecule has 1 rings (SSSR count). The molecule has 1 amide bonds. The van der Waals surface area contributed by atoms with Crippen LogP contribution in [0.3, 0.4) is 0 Å². The monoisotopic (exact) mass is 330 g/mol. The summed E-state index contributed by atoms with van der Waals surface area (Å²) >= 11 is 0. The Balaban J connectivity index is 3.00. The Labute approximate surface area is 136 Å². The van der Waals surface area contributed by atoms with Crippen molar-refractivity contribution in [2.24, 2.45) is 0 Å². The van der Waals surface area contributed by atoms with Gasteiger partial charge in [0, 0.05) is 24.4 Å². The maximum absolute atomic E-state index is 12.2. The minimum atomic E-state index is -3.65. The first-order valence-corrected chi connectivity index (χ1v) is 8.44. The highest BCUT2D eigenvalue weighted by atomic mass is 32.2. The molecule has 5 nitrogen and oxygen atoms in total. The minimum absolute atomic E-state index is 0.0660. The van der Waals surface area contributed by atoms with Gasteiger partial charge in [-0.05, 0) is 31.5 Å². The summed E-state index contributed by atoms with van der Waals surface area (Å²) in [5.74, 6) is 2.26. The number of sulfone groups is 1. The second-order valence-corrected chi connectivity index (χ2v) is 7.17. The molecule has 0 saturated carbocycles. The molecule has 0 heterocycles. The van der Waals surface area contributed by atoms with Gasteiger partial charge in [-0.1, -0.05) is 12.1 Å². The van der Waals surface area contributed by atoms with Crippen molar-refractivity contribution in [2.75, 3.05) is 6.54 Å². The molecule has 0 radical (unpaired) electrons. The zero-order chi connectivity index (χ0) is 17.5. The first-order chi connectivity index (χ1) is 10.8. The van der Waals surface area contributed by atoms with E-state index in [0.29, 0.717) is 18.5 Å². The summed E-state index contributed by atoms with van der Waals surface area (Å²) in [6, 6.07) is 7.66. The molecule has 0 aliphatic heterocycles. The normalized spacial score (nSPS) is 11.7. The number of nitrogens with zero attached hydrogens (tertiary/aromatic N) is 1. The van der Waals surface area contributed by atoms with Gasteiger partial charge in [-0.25, -0.2) is 8.42 Å². The van der Waals surface area contributed by atoms with E-state index in [4.69, 9.17) is 11.7 Å². The molecule has 0 aliphatic rings. The highest BCUT2D eigenvalue weighted by molar-refractivity contribution is 7.94. The van der Waals surface area contributed by atoms with E-state index in [9.17, 15) is 13.2 Å². The lowest BCUT2D eigenvalue weighted by atomic mass is 9.84. The topological polar surface area (TPSA) is 87.0 Å². The number of rotatable bonds is 6. The Hall–Kier alpha value is -2.57. The highest BCUT2D eigenvalue weighted by Crippen LogP contribution is 2.25. The van der Waals surface area contributed by atoms with Gasteiger partial charge in [0.05, 0.1) is 16.4 Å². The summed E-state index contributed by atoms with van der Waals surface area (Å²) in [5, 5.41) is 12.0. The lowest BCUT2D eigenvalue weighted by molar-refractivity contribution is -0.125. The Morgan fingerprint density at radius 1 is 1.35 bits per heavy atom. The molecule has 1 aromatic carbocycles. The zero-order valence-corrected chi connectivity index (χ0v) is 13.9. The van der Waals surface area contributed by atoms with Crippen LogP contribution in [0.25, 0.3) is 0 Å². The van der Waals surface area contributed by atoms with Crippen LogP contribution >= 0.6 is 0 Å². The molecule has 0 aliphatic carbocycles. The van der Waals surface area contributed by atoms with Gasteiger partial charge in [0.25, 0.3) is 0 Å². The van der Waals surface area contributed by atoms with Crippen LogP contribution in [-0.4, -0.2) is 20.9 Å². The Bertz CT molecular complexity index is 777. The number of amides is 1. The molecule has 0 atom stereocenters. The fraction of sp³-hybridized carbons (Fsp3) is 0.294. The van der Waals surface area contributed by atoms with Gasteiger partial charge in [-0.3, -0.25) is 4.79 Å². The van der Waals surface area contributed by atoms with Crippen LogP contribution in [0.4, 0.5) is 0 Å². The van der Waals surface area contributed by atoms with E-state index in [0.717, 1.165) is 11.5 Å². The third kappa shape index (κ3) is 4.70. The Morgan fingerprint density at radius 3 is 2.48 bits per heavy atom. The number of terminal acetylenes is 1. The molecule has 6 heteroatoms. The zero-order valence-electron chi connectivity index (χ0n) is 13.0. The molecular formula is C17H18N2O3S. The van der Waals surface area contributed by atoms with E-state index in [-0.39, 0.29) is 10.8 Å². The second-order valence-electron chi connectivity index (χ2n) is 5.34. The van der Waals surface area contributed by atoms with Gasteiger partial charge in [0.15, 0.2) is 0 Å². The van der Waals surface area contributed by atoms with Crippen molar-refractivity contribution >= 4 is 15.7 Å². The fourth-order valence-electron chi connectivity index (χ4n) is 1.86. The van der Waals surface area contributed by atoms with Crippen LogP contribution in [0.15, 0.2) is 40.6 Å². The molecule has 0 unspecified atom stereocenters. The summed E-state index contributed by atoms with van der Waals surface area (Å²) in [5.41, 5.74) is -0.140. The van der Waals surface area contributed by atoms with E-state index in [1.54, 1.807) is 32.0 Å². The lowest BCUT2D eigenvalue weighted by Crippen LogP contribution is -2.40. The van der Waals surface area contributed by atoms with Crippen LogP contribution in [-0.2, 0) is 20.0 Å². The van der Waals surface area contributed by atoms with Gasteiger partial charge in [0.2, 0.25) is 15.7 Å². The van der Waals surface area contributed by atoms with Gasteiger partial charge >= 0.3 is 0 Å². The van der Waals surface area contributed by atoms with Crippen molar-refractivity contribution in [3.63, 3.8) is 0 Å². The molecule has 1 aromatic rings. The van der Waals surface area contributed by atoms with E-state index in [1.165, 1.54) is 12.1 Å². The molecule has 1 N–H and O–H groups in total. The number of hydrogen-bond donors (Lipinski definition) is 1. The number of benzene rings is 1. The molecule has 0 aromatic heterocycles. The fourth-order valence-corrected chi connectivity index (χ4v) is 2.77. The average Bonchev–Trinajstić information content (AvgIpc) is 2.53. The van der Waals surface area contributed by atoms with E-state index >= 15 is 0 Å². The number of carbonyl (C=O) groups is 1. The van der Waals surface area contributed by atoms with Crippen LogP contribution in [0, 0.1) is 23.7 Å². The van der Waals surface area contributed by atoms with E-state index in [2.05, 4.69) is 11.2 Å². The van der Waals surface area contributed by atoms with Crippen molar-refractivity contribution in [1.82, 2.24) is 5.32 Å². The van der Waals surface area contributed by atoms with Gasteiger partial charge in [0.1, 0.15) is 0 Å². The molecule has 23 heavy (non-hydrogen) atoms. The standard InChI is InChI=1S/C17H18N2O3S/c1-4-5-12-19-16(20)17(2,3)14-7-9-15(10-8-14)23(21,22)13-6-11-18/h1,6-10,13H,5,12H2,2-3H3,(H,19,20)/b13-6+. The van der Waals surface area contributed by atoms with Crippen LogP contribution in [0.1, 0.15) is 25.8 Å². The van der Waals surface area contributed by atoms with Crippen molar-refractivity contribution in [1.29, 1.82) is 5.26 Å². The molecule has 120 valence electrons. The van der Waals surface area contributed by atoms with Gasteiger partial charge in [-0.2, -0.15) is 5.26 Å². The predicted molar refractivity (Wildman–Crippen MR) is 87.9 cm³/mol. The quantitative estimate of drug-likeness (QED) is 0.490. The van der Waals surface area contributed by atoms with Crippen LogP contribution in [0.2, 0.25) is 0 Å².